The third-order valence-corrected chi connectivity index (χ3v) is 3.86. The first kappa shape index (κ1) is 33.0. The van der Waals surface area contributed by atoms with Crippen molar-refractivity contribution in [1.29, 1.82) is 0 Å². The second-order valence-electron chi connectivity index (χ2n) is 4.62. The summed E-state index contributed by atoms with van der Waals surface area (Å²) >= 11 is 15.4. The number of allylic oxidation sites excluding steroid dienone is 3. The van der Waals surface area contributed by atoms with Crippen molar-refractivity contribution in [3.63, 3.8) is 0 Å². The molecular formula is C18H36Cl2O3S2. The molecule has 0 aromatic heterocycles. The van der Waals surface area contributed by atoms with Gasteiger partial charge in [0.15, 0.2) is 0 Å². The van der Waals surface area contributed by atoms with Crippen molar-refractivity contribution in [3.05, 3.63) is 24.3 Å². The number of carbonyl (C=O) groups excluding carboxylic acids is 1. The molecule has 7 heteroatoms. The highest BCUT2D eigenvalue weighted by Crippen LogP contribution is 2.27. The van der Waals surface area contributed by atoms with E-state index in [2.05, 4.69) is 31.7 Å². The number of thioether (sulfide) groups is 1. The van der Waals surface area contributed by atoms with Gasteiger partial charge >= 0.3 is 0 Å². The second kappa shape index (κ2) is 29.1. The Labute approximate surface area is 175 Å². The molecule has 152 valence electrons. The van der Waals surface area contributed by atoms with E-state index in [9.17, 15) is 4.79 Å². The van der Waals surface area contributed by atoms with E-state index in [1.54, 1.807) is 13.0 Å². The van der Waals surface area contributed by atoms with Crippen LogP contribution in [0, 0.1) is 0 Å². The molecule has 0 aliphatic carbocycles. The molecule has 25 heavy (non-hydrogen) atoms. The zero-order chi connectivity index (χ0) is 19.2. The summed E-state index contributed by atoms with van der Waals surface area (Å²) in [5.41, 5.74) is 0.314. The van der Waals surface area contributed by atoms with Crippen LogP contribution in [0.25, 0.3) is 0 Å². The molecule has 0 bridgehead atoms. The van der Waals surface area contributed by atoms with Gasteiger partial charge < -0.3 is 9.84 Å². The van der Waals surface area contributed by atoms with Gasteiger partial charge in [-0.3, -0.25) is 4.79 Å². The predicted octanol–water partition coefficient (Wildman–Crippen LogP) is 5.94. The number of ether oxygens (including phenoxy) is 1. The van der Waals surface area contributed by atoms with Crippen LogP contribution in [0.1, 0.15) is 48.0 Å². The van der Waals surface area contributed by atoms with E-state index >= 15 is 0 Å². The summed E-state index contributed by atoms with van der Waals surface area (Å²) in [5.74, 6) is 0. The van der Waals surface area contributed by atoms with Crippen LogP contribution in [-0.4, -0.2) is 45.9 Å². The average Bonchev–Trinajstić information content (AvgIpc) is 2.50. The Morgan fingerprint density at radius 1 is 1.36 bits per heavy atom. The van der Waals surface area contributed by atoms with Gasteiger partial charge in [-0.1, -0.05) is 39.5 Å². The monoisotopic (exact) mass is 434 g/mol. The van der Waals surface area contributed by atoms with Crippen LogP contribution >= 0.6 is 47.6 Å². The van der Waals surface area contributed by atoms with Gasteiger partial charge in [0.25, 0.3) is 0 Å². The van der Waals surface area contributed by atoms with Crippen molar-refractivity contribution in [2.45, 2.75) is 63.9 Å². The van der Waals surface area contributed by atoms with Gasteiger partial charge in [-0.15, -0.1) is 35.0 Å². The fourth-order valence-electron chi connectivity index (χ4n) is 1.21. The number of hydrogen-bond acceptors (Lipinski definition) is 5. The third kappa shape index (κ3) is 36.1. The normalized spacial score (nSPS) is 20.0. The minimum absolute atomic E-state index is 0. The molecular weight excluding hydrogens is 399 g/mol. The molecule has 1 rings (SSSR count). The van der Waals surface area contributed by atoms with Crippen LogP contribution in [0.3, 0.4) is 0 Å². The van der Waals surface area contributed by atoms with Crippen molar-refractivity contribution in [2.75, 3.05) is 18.6 Å². The minimum atomic E-state index is 0. The van der Waals surface area contributed by atoms with E-state index in [1.807, 2.05) is 25.6 Å². The van der Waals surface area contributed by atoms with Gasteiger partial charge in [-0.2, -0.15) is 12.6 Å². The zero-order valence-corrected chi connectivity index (χ0v) is 18.3. The maximum Gasteiger partial charge on any atom is 0.142 e. The number of aliphatic hydroxyl groups excluding tert-OH is 1. The molecule has 0 aromatic rings. The number of rotatable bonds is 4. The van der Waals surface area contributed by atoms with Gasteiger partial charge in [0.2, 0.25) is 0 Å². The molecule has 0 aromatic carbocycles. The quantitative estimate of drug-likeness (QED) is 0.189. The van der Waals surface area contributed by atoms with Gasteiger partial charge in [-0.05, 0) is 32.8 Å². The highest BCUT2D eigenvalue weighted by molar-refractivity contribution is 8.00. The topological polar surface area (TPSA) is 46.5 Å². The number of halogens is 2. The molecule has 0 radical (unpaired) electrons. The van der Waals surface area contributed by atoms with Crippen molar-refractivity contribution < 1.29 is 14.6 Å². The number of alkyl halides is 2. The molecule has 1 aliphatic heterocycles. The lowest BCUT2D eigenvalue weighted by molar-refractivity contribution is -0.104. The third-order valence-electron chi connectivity index (χ3n) is 2.34. The second-order valence-corrected chi connectivity index (χ2v) is 7.86. The van der Waals surface area contributed by atoms with E-state index in [-0.39, 0.29) is 19.4 Å². The molecule has 1 heterocycles. The number of aldehydes is 1. The van der Waals surface area contributed by atoms with E-state index in [0.717, 1.165) is 24.6 Å². The van der Waals surface area contributed by atoms with Crippen LogP contribution in [0.15, 0.2) is 24.3 Å². The molecule has 3 unspecified atom stereocenters. The van der Waals surface area contributed by atoms with Crippen LogP contribution in [0.4, 0.5) is 0 Å². The van der Waals surface area contributed by atoms with Crippen molar-refractivity contribution in [1.82, 2.24) is 0 Å². The zero-order valence-electron chi connectivity index (χ0n) is 15.0. The number of aliphatic hydroxyl groups is 1. The minimum Gasteiger partial charge on any atom is -0.396 e. The molecule has 1 N–H and O–H groups in total. The summed E-state index contributed by atoms with van der Waals surface area (Å²) in [6, 6.07) is 0. The Bertz CT molecular complexity index is 302. The molecule has 0 amide bonds. The Balaban J connectivity index is -0.000000128. The van der Waals surface area contributed by atoms with E-state index in [1.165, 1.54) is 12.5 Å². The molecule has 1 aliphatic rings. The molecule has 1 fully saturated rings. The summed E-state index contributed by atoms with van der Waals surface area (Å²) < 4.78 is 5.46. The van der Waals surface area contributed by atoms with Gasteiger partial charge in [0.05, 0.1) is 5.34 Å². The highest BCUT2D eigenvalue weighted by Gasteiger charge is 2.16. The van der Waals surface area contributed by atoms with E-state index in [0.29, 0.717) is 10.7 Å². The lowest BCUT2D eigenvalue weighted by Gasteiger charge is -2.24. The Morgan fingerprint density at radius 3 is 2.16 bits per heavy atom. The first-order valence-corrected chi connectivity index (χ1v) is 10.3. The number of hydrogen-bond donors (Lipinski definition) is 2. The first-order chi connectivity index (χ1) is 11.4. The van der Waals surface area contributed by atoms with Gasteiger partial charge in [0.1, 0.15) is 11.7 Å². The fraction of sp³-hybridized carbons (Fsp3) is 0.722. The molecule has 0 saturated carbocycles. The predicted molar refractivity (Wildman–Crippen MR) is 121 cm³/mol. The van der Waals surface area contributed by atoms with Gasteiger partial charge in [-0.25, -0.2) is 0 Å². The van der Waals surface area contributed by atoms with Gasteiger partial charge in [0, 0.05) is 23.7 Å². The maximum absolute atomic E-state index is 9.32. The van der Waals surface area contributed by atoms with E-state index in [4.69, 9.17) is 33.0 Å². The molecule has 3 nitrogen and oxygen atoms in total. The Morgan fingerprint density at radius 2 is 1.92 bits per heavy atom. The first-order valence-electron chi connectivity index (χ1n) is 7.80. The average molecular weight is 436 g/mol. The summed E-state index contributed by atoms with van der Waals surface area (Å²) in [6.45, 7) is 9.22. The van der Waals surface area contributed by atoms with Crippen molar-refractivity contribution in [2.24, 2.45) is 0 Å². The van der Waals surface area contributed by atoms with Crippen LogP contribution in [0.5, 0.6) is 0 Å². The summed E-state index contributed by atoms with van der Waals surface area (Å²) in [6.07, 6.45) is 10.0. The maximum atomic E-state index is 9.32. The van der Waals surface area contributed by atoms with Crippen LogP contribution in [-0.2, 0) is 9.53 Å². The van der Waals surface area contributed by atoms with E-state index < -0.39 is 0 Å². The lowest BCUT2D eigenvalue weighted by Crippen LogP contribution is -2.19. The van der Waals surface area contributed by atoms with Crippen LogP contribution < -0.4 is 0 Å². The molecule has 0 spiro atoms. The number of carbonyl (C=O) groups is 1. The Kier molecular flexibility index (Phi) is 38.4. The standard InChI is InChI=1S/C8H14OS.C4H10OS.C4H6O.CH2Cl2.CH4/c1-3-4-8-9-6-5-7(2)10-8;1-4(6)2-3-5;1-2-3-4-5;2-1-3;/h3-4,7-8H,5-6H2,1-2H3;4-6H,2-3H2,1H3;2-4H,1H3;1H2;1H4/b4-3+;;3-2+;;. The lowest BCUT2D eigenvalue weighted by atomic mass is 10.3. The van der Waals surface area contributed by atoms with Crippen LogP contribution in [0.2, 0.25) is 0 Å². The van der Waals surface area contributed by atoms with Crippen molar-refractivity contribution >= 4 is 53.9 Å². The molecule has 3 atom stereocenters. The summed E-state index contributed by atoms with van der Waals surface area (Å²) in [4.78, 5) is 9.32. The molecule has 1 saturated heterocycles. The SMILES string of the molecule is C.C/C=C/C1OCCC(C)S1.C/C=C/C=O.CC(S)CCO.ClCCl. The fourth-order valence-corrected chi connectivity index (χ4v) is 2.44. The largest absolute Gasteiger partial charge is 0.396 e. The van der Waals surface area contributed by atoms with Crippen molar-refractivity contribution in [3.8, 4) is 0 Å². The smallest absolute Gasteiger partial charge is 0.142 e. The summed E-state index contributed by atoms with van der Waals surface area (Å²) in [7, 11) is 0. The summed E-state index contributed by atoms with van der Waals surface area (Å²) in [5, 5.41) is 9.48. The highest BCUT2D eigenvalue weighted by atomic mass is 35.5. The Hall–Kier alpha value is 0.350. The number of thiol groups is 1.